The van der Waals surface area contributed by atoms with Gasteiger partial charge in [0.15, 0.2) is 0 Å². The minimum Gasteiger partial charge on any atom is -0.398 e. The number of carbonyl (C=O) groups is 1. The number of hydrogen-bond donors (Lipinski definition) is 2. The number of nitrogens with one attached hydrogen (secondary N) is 1. The molecule has 0 spiro atoms. The van der Waals surface area contributed by atoms with Gasteiger partial charge in [0.05, 0.1) is 0 Å². The third kappa shape index (κ3) is 2.85. The molecule has 0 aromatic heterocycles. The molecule has 1 amide bonds. The second-order valence-electron chi connectivity index (χ2n) is 4.77. The summed E-state index contributed by atoms with van der Waals surface area (Å²) in [6.45, 7) is 0. The number of aryl methyl sites for hydroxylation is 1. The van der Waals surface area contributed by atoms with E-state index in [-0.39, 0.29) is 10.8 Å². The summed E-state index contributed by atoms with van der Waals surface area (Å²) in [6, 6.07) is 6.92. The van der Waals surface area contributed by atoms with Gasteiger partial charge in [-0.2, -0.15) is 0 Å². The molecule has 0 bridgehead atoms. The average Bonchev–Trinajstić information content (AvgIpc) is 2.43. The fourth-order valence-electron chi connectivity index (χ4n) is 2.19. The van der Waals surface area contributed by atoms with Crippen LogP contribution >= 0.6 is 11.8 Å². The molecule has 0 aliphatic carbocycles. The van der Waals surface area contributed by atoms with E-state index in [4.69, 9.17) is 5.73 Å². The minimum absolute atomic E-state index is 0.0452. The highest BCUT2D eigenvalue weighted by molar-refractivity contribution is 7.99. The first-order valence-electron chi connectivity index (χ1n) is 6.38. The summed E-state index contributed by atoms with van der Waals surface area (Å²) in [7, 11) is 0. The van der Waals surface area contributed by atoms with Crippen LogP contribution in [0.15, 0.2) is 40.1 Å². The number of fused-ring (bicyclic) bond motifs is 1. The summed E-state index contributed by atoms with van der Waals surface area (Å²) < 4.78 is 26.6. The lowest BCUT2D eigenvalue weighted by molar-refractivity contribution is -0.116. The van der Waals surface area contributed by atoms with E-state index in [1.54, 1.807) is 12.1 Å². The first-order chi connectivity index (χ1) is 10.0. The van der Waals surface area contributed by atoms with Crippen LogP contribution in [0.5, 0.6) is 0 Å². The number of anilines is 2. The van der Waals surface area contributed by atoms with Gasteiger partial charge in [0, 0.05) is 33.7 Å². The lowest BCUT2D eigenvalue weighted by Crippen LogP contribution is -2.19. The average molecular weight is 306 g/mol. The van der Waals surface area contributed by atoms with Gasteiger partial charge in [-0.25, -0.2) is 8.78 Å². The maximum absolute atomic E-state index is 13.7. The second-order valence-corrected chi connectivity index (χ2v) is 5.86. The lowest BCUT2D eigenvalue weighted by atomic mass is 10.0. The molecule has 0 saturated heterocycles. The van der Waals surface area contributed by atoms with Crippen molar-refractivity contribution in [2.24, 2.45) is 0 Å². The monoisotopic (exact) mass is 306 g/mol. The predicted molar refractivity (Wildman–Crippen MR) is 78.3 cm³/mol. The zero-order chi connectivity index (χ0) is 15.0. The van der Waals surface area contributed by atoms with E-state index in [1.165, 1.54) is 12.1 Å². The number of carbonyl (C=O) groups excluding carboxylic acids is 1. The molecular weight excluding hydrogens is 294 g/mol. The number of amides is 1. The third-order valence-electron chi connectivity index (χ3n) is 3.24. The molecule has 3 rings (SSSR count). The summed E-state index contributed by atoms with van der Waals surface area (Å²) in [4.78, 5) is 12.3. The molecule has 0 saturated carbocycles. The van der Waals surface area contributed by atoms with Crippen LogP contribution in [-0.2, 0) is 11.2 Å². The van der Waals surface area contributed by atoms with Crippen molar-refractivity contribution in [1.82, 2.24) is 0 Å². The molecule has 2 aromatic carbocycles. The molecule has 1 aliphatic rings. The maximum atomic E-state index is 13.7. The summed E-state index contributed by atoms with van der Waals surface area (Å²) >= 11 is 1.11. The molecule has 0 radical (unpaired) electrons. The van der Waals surface area contributed by atoms with Crippen molar-refractivity contribution in [3.8, 4) is 0 Å². The standard InChI is InChI=1S/C15H12F2N2OS/c16-9-2-3-13(10(17)6-9)21-14-7-12-8(5-11(14)18)1-4-15(20)19-12/h2-3,5-7H,1,4,18H2,(H,19,20). The Labute approximate surface area is 124 Å². The van der Waals surface area contributed by atoms with Crippen LogP contribution in [0.25, 0.3) is 0 Å². The summed E-state index contributed by atoms with van der Waals surface area (Å²) in [5.74, 6) is -1.31. The molecule has 2 aromatic rings. The van der Waals surface area contributed by atoms with Crippen LogP contribution in [0.3, 0.4) is 0 Å². The molecule has 0 atom stereocenters. The van der Waals surface area contributed by atoms with Gasteiger partial charge >= 0.3 is 0 Å². The number of benzene rings is 2. The van der Waals surface area contributed by atoms with Gasteiger partial charge in [-0.05, 0) is 36.2 Å². The summed E-state index contributed by atoms with van der Waals surface area (Å²) in [6.07, 6.45) is 1.08. The lowest BCUT2D eigenvalue weighted by Gasteiger charge is -2.19. The Morgan fingerprint density at radius 3 is 2.67 bits per heavy atom. The van der Waals surface area contributed by atoms with E-state index >= 15 is 0 Å². The quantitative estimate of drug-likeness (QED) is 0.834. The summed E-state index contributed by atoms with van der Waals surface area (Å²) in [5, 5.41) is 2.78. The molecule has 6 heteroatoms. The van der Waals surface area contributed by atoms with E-state index in [1.807, 2.05) is 0 Å². The smallest absolute Gasteiger partial charge is 0.224 e. The molecule has 21 heavy (non-hydrogen) atoms. The molecule has 1 aliphatic heterocycles. The molecule has 3 N–H and O–H groups in total. The van der Waals surface area contributed by atoms with E-state index < -0.39 is 11.6 Å². The molecule has 0 unspecified atom stereocenters. The Hall–Kier alpha value is -2.08. The van der Waals surface area contributed by atoms with Gasteiger partial charge in [0.25, 0.3) is 0 Å². The van der Waals surface area contributed by atoms with Crippen molar-refractivity contribution in [2.45, 2.75) is 22.6 Å². The van der Waals surface area contributed by atoms with E-state index in [0.29, 0.717) is 29.1 Å². The Morgan fingerprint density at radius 1 is 1.10 bits per heavy atom. The molecule has 108 valence electrons. The van der Waals surface area contributed by atoms with Crippen molar-refractivity contribution >= 4 is 29.0 Å². The van der Waals surface area contributed by atoms with Gasteiger partial charge in [0.2, 0.25) is 5.91 Å². The van der Waals surface area contributed by atoms with Crippen LogP contribution < -0.4 is 11.1 Å². The number of nitrogen functional groups attached to an aromatic ring is 1. The third-order valence-corrected chi connectivity index (χ3v) is 4.37. The van der Waals surface area contributed by atoms with Crippen LogP contribution in [0.4, 0.5) is 20.2 Å². The second kappa shape index (κ2) is 5.37. The van der Waals surface area contributed by atoms with E-state index in [0.717, 1.165) is 23.4 Å². The summed E-state index contributed by atoms with van der Waals surface area (Å²) in [5.41, 5.74) is 8.16. The van der Waals surface area contributed by atoms with Crippen molar-refractivity contribution in [3.63, 3.8) is 0 Å². The van der Waals surface area contributed by atoms with Crippen LogP contribution in [0.2, 0.25) is 0 Å². The molecule has 1 heterocycles. The largest absolute Gasteiger partial charge is 0.398 e. The van der Waals surface area contributed by atoms with Gasteiger partial charge in [-0.15, -0.1) is 0 Å². The highest BCUT2D eigenvalue weighted by atomic mass is 32.2. The van der Waals surface area contributed by atoms with Gasteiger partial charge in [0.1, 0.15) is 11.6 Å². The van der Waals surface area contributed by atoms with Crippen molar-refractivity contribution in [1.29, 1.82) is 0 Å². The van der Waals surface area contributed by atoms with Crippen LogP contribution in [0, 0.1) is 11.6 Å². The van der Waals surface area contributed by atoms with E-state index in [2.05, 4.69) is 5.32 Å². The van der Waals surface area contributed by atoms with Crippen molar-refractivity contribution in [2.75, 3.05) is 11.1 Å². The van der Waals surface area contributed by atoms with Crippen LogP contribution in [-0.4, -0.2) is 5.91 Å². The minimum atomic E-state index is -0.638. The zero-order valence-corrected chi connectivity index (χ0v) is 11.8. The fraction of sp³-hybridized carbons (Fsp3) is 0.133. The van der Waals surface area contributed by atoms with Gasteiger partial charge in [-0.3, -0.25) is 4.79 Å². The van der Waals surface area contributed by atoms with Gasteiger partial charge in [-0.1, -0.05) is 11.8 Å². The van der Waals surface area contributed by atoms with E-state index in [9.17, 15) is 13.6 Å². The Bertz CT molecular complexity index is 734. The van der Waals surface area contributed by atoms with Crippen LogP contribution in [0.1, 0.15) is 12.0 Å². The zero-order valence-electron chi connectivity index (χ0n) is 11.0. The first-order valence-corrected chi connectivity index (χ1v) is 7.20. The molecule has 0 fully saturated rings. The Kier molecular flexibility index (Phi) is 3.55. The number of halogens is 2. The number of rotatable bonds is 2. The normalized spacial score (nSPS) is 13.7. The Morgan fingerprint density at radius 2 is 1.90 bits per heavy atom. The number of hydrogen-bond acceptors (Lipinski definition) is 3. The van der Waals surface area contributed by atoms with Crippen molar-refractivity contribution in [3.05, 3.63) is 47.5 Å². The molecular formula is C15H12F2N2OS. The fourth-order valence-corrected chi connectivity index (χ4v) is 3.08. The highest BCUT2D eigenvalue weighted by Crippen LogP contribution is 2.38. The number of nitrogens with two attached hydrogens (primary N) is 1. The van der Waals surface area contributed by atoms with Gasteiger partial charge < -0.3 is 11.1 Å². The first kappa shape index (κ1) is 13.9. The van der Waals surface area contributed by atoms with Crippen molar-refractivity contribution < 1.29 is 13.6 Å². The molecule has 3 nitrogen and oxygen atoms in total. The Balaban J connectivity index is 1.95. The predicted octanol–water partition coefficient (Wildman–Crippen LogP) is 3.58. The highest BCUT2D eigenvalue weighted by Gasteiger charge is 2.17. The SMILES string of the molecule is Nc1cc2c(cc1Sc1ccc(F)cc1F)NC(=O)CC2. The maximum Gasteiger partial charge on any atom is 0.224 e. The topological polar surface area (TPSA) is 55.1 Å².